The molecule has 3 aliphatic carbocycles. The van der Waals surface area contributed by atoms with Gasteiger partial charge in [-0.25, -0.2) is 8.42 Å². The number of sulfone groups is 1. The zero-order chi connectivity index (χ0) is 24.9. The molecule has 3 saturated carbocycles. The van der Waals surface area contributed by atoms with Gasteiger partial charge in [0.15, 0.2) is 15.7 Å². The van der Waals surface area contributed by atoms with Crippen LogP contribution in [0.5, 0.6) is 0 Å². The molecule has 6 nitrogen and oxygen atoms in total. The summed E-state index contributed by atoms with van der Waals surface area (Å²) in [5, 5.41) is 7.54. The molecule has 1 N–H and O–H groups in total. The minimum atomic E-state index is -3.22. The largest absolute Gasteiger partial charge is 0.384 e. The standard InChI is InChI=1S/C26H29F2N3O3S/c1-24(27,28)23-30-22(31-34-23)26-13-10-25(11-14-26,12-15-26)17-29-20-5-3-4-19(16-20)18-6-8-21(9-7-18)35(2,32)33/h3-9,16,29H,10-15,17H2,1-2H3. The van der Waals surface area contributed by atoms with Gasteiger partial charge in [0.05, 0.1) is 4.90 Å². The van der Waals surface area contributed by atoms with Crippen molar-refractivity contribution in [3.05, 3.63) is 60.2 Å². The number of nitrogens with one attached hydrogen (secondary N) is 1. The average molecular weight is 502 g/mol. The fourth-order valence-corrected chi connectivity index (χ4v) is 6.10. The third kappa shape index (κ3) is 4.70. The van der Waals surface area contributed by atoms with E-state index in [1.54, 1.807) is 12.1 Å². The van der Waals surface area contributed by atoms with E-state index in [0.29, 0.717) is 10.7 Å². The Morgan fingerprint density at radius 2 is 1.66 bits per heavy atom. The number of fused-ring (bicyclic) bond motifs is 3. The van der Waals surface area contributed by atoms with Crippen LogP contribution in [0.4, 0.5) is 14.5 Å². The minimum Gasteiger partial charge on any atom is -0.384 e. The molecule has 0 amide bonds. The molecule has 9 heteroatoms. The van der Waals surface area contributed by atoms with E-state index in [2.05, 4.69) is 21.5 Å². The van der Waals surface area contributed by atoms with Crippen molar-refractivity contribution in [2.75, 3.05) is 18.1 Å². The van der Waals surface area contributed by atoms with Crippen LogP contribution >= 0.6 is 0 Å². The predicted molar refractivity (Wildman–Crippen MR) is 129 cm³/mol. The quantitative estimate of drug-likeness (QED) is 0.430. The molecule has 3 fully saturated rings. The highest BCUT2D eigenvalue weighted by atomic mass is 32.2. The lowest BCUT2D eigenvalue weighted by molar-refractivity contribution is -0.0158. The van der Waals surface area contributed by atoms with Gasteiger partial charge in [0.1, 0.15) is 0 Å². The van der Waals surface area contributed by atoms with E-state index in [0.717, 1.165) is 68.8 Å². The molecule has 1 aromatic heterocycles. The summed E-state index contributed by atoms with van der Waals surface area (Å²) < 4.78 is 55.5. The van der Waals surface area contributed by atoms with Crippen molar-refractivity contribution >= 4 is 15.5 Å². The Morgan fingerprint density at radius 3 is 2.23 bits per heavy atom. The van der Waals surface area contributed by atoms with Crippen LogP contribution in [-0.2, 0) is 21.2 Å². The second-order valence-electron chi connectivity index (χ2n) is 10.3. The Labute approximate surface area is 204 Å². The molecule has 0 saturated heterocycles. The zero-order valence-electron chi connectivity index (χ0n) is 19.9. The van der Waals surface area contributed by atoms with Gasteiger partial charge in [0.2, 0.25) is 0 Å². The highest BCUT2D eigenvalue weighted by Gasteiger charge is 2.52. The van der Waals surface area contributed by atoms with Crippen LogP contribution in [-0.4, -0.2) is 31.4 Å². The van der Waals surface area contributed by atoms with E-state index in [4.69, 9.17) is 4.52 Å². The number of hydrogen-bond acceptors (Lipinski definition) is 6. The number of hydrogen-bond donors (Lipinski definition) is 1. The van der Waals surface area contributed by atoms with E-state index in [-0.39, 0.29) is 10.8 Å². The SMILES string of the molecule is CC(F)(F)c1nc(C23CCC(CNc4cccc(-c5ccc(S(C)(=O)=O)cc5)c4)(CC2)CC3)no1. The molecule has 186 valence electrons. The number of halogens is 2. The Kier molecular flexibility index (Phi) is 5.74. The normalized spacial score (nSPS) is 24.5. The number of nitrogens with zero attached hydrogens (tertiary/aromatic N) is 2. The molecule has 0 atom stereocenters. The van der Waals surface area contributed by atoms with E-state index in [1.165, 1.54) is 6.26 Å². The Balaban J connectivity index is 1.24. The van der Waals surface area contributed by atoms with Crippen LogP contribution < -0.4 is 5.32 Å². The molecule has 0 aliphatic heterocycles. The highest BCUT2D eigenvalue weighted by Crippen LogP contribution is 2.57. The van der Waals surface area contributed by atoms with Crippen LogP contribution in [0.2, 0.25) is 0 Å². The molecule has 1 heterocycles. The lowest BCUT2D eigenvalue weighted by atomic mass is 9.53. The van der Waals surface area contributed by atoms with E-state index < -0.39 is 21.7 Å². The molecular formula is C26H29F2N3O3S. The number of anilines is 1. The summed E-state index contributed by atoms with van der Waals surface area (Å²) in [7, 11) is -3.22. The number of benzene rings is 2. The predicted octanol–water partition coefficient (Wildman–Crippen LogP) is 5.96. The summed E-state index contributed by atoms with van der Waals surface area (Å²) >= 11 is 0. The second-order valence-corrected chi connectivity index (χ2v) is 12.3. The first kappa shape index (κ1) is 23.9. The zero-order valence-corrected chi connectivity index (χ0v) is 20.7. The van der Waals surface area contributed by atoms with Crippen molar-refractivity contribution in [2.45, 2.75) is 61.7 Å². The molecular weight excluding hydrogens is 472 g/mol. The van der Waals surface area contributed by atoms with Gasteiger partial charge < -0.3 is 9.84 Å². The summed E-state index contributed by atoms with van der Waals surface area (Å²) in [5.41, 5.74) is 2.89. The molecule has 3 aromatic rings. The Bertz CT molecular complexity index is 1310. The molecule has 0 unspecified atom stereocenters. The lowest BCUT2D eigenvalue weighted by Crippen LogP contribution is -2.47. The average Bonchev–Trinajstić information content (AvgIpc) is 3.36. The van der Waals surface area contributed by atoms with Crippen molar-refractivity contribution in [3.8, 4) is 11.1 Å². The summed E-state index contributed by atoms with van der Waals surface area (Å²) in [6.07, 6.45) is 6.77. The molecule has 3 aliphatic rings. The van der Waals surface area contributed by atoms with Gasteiger partial charge in [0, 0.05) is 30.8 Å². The lowest BCUT2D eigenvalue weighted by Gasteiger charge is -2.52. The second kappa shape index (κ2) is 8.40. The van der Waals surface area contributed by atoms with Gasteiger partial charge in [-0.2, -0.15) is 13.8 Å². The monoisotopic (exact) mass is 501 g/mol. The summed E-state index contributed by atoms with van der Waals surface area (Å²) in [6.45, 7) is 1.62. The Morgan fingerprint density at radius 1 is 1.00 bits per heavy atom. The Hall–Kier alpha value is -2.81. The van der Waals surface area contributed by atoms with Crippen molar-refractivity contribution < 1.29 is 21.7 Å². The van der Waals surface area contributed by atoms with Gasteiger partial charge in [-0.3, -0.25) is 0 Å². The van der Waals surface area contributed by atoms with Crippen LogP contribution in [0.15, 0.2) is 57.9 Å². The number of aromatic nitrogens is 2. The van der Waals surface area contributed by atoms with Crippen LogP contribution in [0.25, 0.3) is 11.1 Å². The first-order chi connectivity index (χ1) is 16.5. The first-order valence-electron chi connectivity index (χ1n) is 11.9. The van der Waals surface area contributed by atoms with Crippen molar-refractivity contribution in [1.82, 2.24) is 10.1 Å². The maximum absolute atomic E-state index is 13.6. The van der Waals surface area contributed by atoms with Crippen molar-refractivity contribution in [3.63, 3.8) is 0 Å². The fourth-order valence-electron chi connectivity index (χ4n) is 5.47. The molecule has 2 aromatic carbocycles. The summed E-state index contributed by atoms with van der Waals surface area (Å²) in [6, 6.07) is 15.0. The number of alkyl halides is 2. The smallest absolute Gasteiger partial charge is 0.322 e. The molecule has 35 heavy (non-hydrogen) atoms. The van der Waals surface area contributed by atoms with Gasteiger partial charge in [-0.1, -0.05) is 29.4 Å². The molecule has 0 spiro atoms. The molecule has 0 radical (unpaired) electrons. The van der Waals surface area contributed by atoms with Gasteiger partial charge in [-0.15, -0.1) is 0 Å². The van der Waals surface area contributed by atoms with Crippen LogP contribution in [0, 0.1) is 5.41 Å². The molecule has 6 rings (SSSR count). The first-order valence-corrected chi connectivity index (χ1v) is 13.7. The van der Waals surface area contributed by atoms with E-state index in [9.17, 15) is 17.2 Å². The van der Waals surface area contributed by atoms with Crippen molar-refractivity contribution in [1.29, 1.82) is 0 Å². The van der Waals surface area contributed by atoms with E-state index in [1.807, 2.05) is 30.3 Å². The minimum absolute atomic E-state index is 0.163. The maximum atomic E-state index is 13.6. The van der Waals surface area contributed by atoms with Gasteiger partial charge in [-0.05, 0) is 79.3 Å². The fraction of sp³-hybridized carbons (Fsp3) is 0.462. The highest BCUT2D eigenvalue weighted by molar-refractivity contribution is 7.90. The molecule has 2 bridgehead atoms. The van der Waals surface area contributed by atoms with Gasteiger partial charge in [0.25, 0.3) is 5.89 Å². The number of rotatable bonds is 7. The summed E-state index contributed by atoms with van der Waals surface area (Å²) in [4.78, 5) is 4.38. The maximum Gasteiger partial charge on any atom is 0.322 e. The third-order valence-electron chi connectivity index (χ3n) is 7.82. The summed E-state index contributed by atoms with van der Waals surface area (Å²) in [5.74, 6) is -3.29. The van der Waals surface area contributed by atoms with Crippen LogP contribution in [0.3, 0.4) is 0 Å². The van der Waals surface area contributed by atoms with E-state index >= 15 is 0 Å². The van der Waals surface area contributed by atoms with Gasteiger partial charge >= 0.3 is 5.92 Å². The van der Waals surface area contributed by atoms with Crippen LogP contribution in [0.1, 0.15) is 57.2 Å². The third-order valence-corrected chi connectivity index (χ3v) is 8.95. The topological polar surface area (TPSA) is 85.1 Å². The van der Waals surface area contributed by atoms with Crippen molar-refractivity contribution in [2.24, 2.45) is 5.41 Å².